The topological polar surface area (TPSA) is 25.2 Å². The van der Waals surface area contributed by atoms with E-state index in [1.54, 1.807) is 0 Å². The molecule has 0 spiro atoms. The van der Waals surface area contributed by atoms with Gasteiger partial charge in [0.2, 0.25) is 0 Å². The van der Waals surface area contributed by atoms with Crippen molar-refractivity contribution in [1.29, 1.82) is 0 Å². The van der Waals surface area contributed by atoms with Gasteiger partial charge in [0.1, 0.15) is 5.58 Å². The summed E-state index contributed by atoms with van der Waals surface area (Å²) in [6, 6.07) is 34.4. The Labute approximate surface area is 192 Å². The highest BCUT2D eigenvalue weighted by molar-refractivity contribution is 6.22. The normalized spacial score (nSPS) is 14.0. The number of para-hydroxylation sites is 1. The zero-order valence-corrected chi connectivity index (χ0v) is 18.6. The van der Waals surface area contributed by atoms with Crippen LogP contribution in [0.4, 0.5) is 11.4 Å². The van der Waals surface area contributed by atoms with Crippen LogP contribution in [0.3, 0.4) is 0 Å². The van der Waals surface area contributed by atoms with Gasteiger partial charge in [-0.05, 0) is 45.7 Å². The van der Waals surface area contributed by atoms with E-state index in [1.807, 2.05) is 12.1 Å². The molecule has 0 radical (unpaired) electrons. The van der Waals surface area contributed by atoms with Gasteiger partial charge in [-0.3, -0.25) is 0 Å². The van der Waals surface area contributed by atoms with Crippen LogP contribution in [0.25, 0.3) is 43.8 Å². The van der Waals surface area contributed by atoms with Gasteiger partial charge in [-0.15, -0.1) is 0 Å². The lowest BCUT2D eigenvalue weighted by atomic mass is 9.82. The van der Waals surface area contributed by atoms with Crippen LogP contribution in [0.2, 0.25) is 0 Å². The van der Waals surface area contributed by atoms with Crippen LogP contribution in [0.1, 0.15) is 25.0 Å². The molecule has 5 aromatic carbocycles. The van der Waals surface area contributed by atoms with Gasteiger partial charge in [0.05, 0.1) is 5.69 Å². The zero-order valence-electron chi connectivity index (χ0n) is 18.6. The first-order valence-electron chi connectivity index (χ1n) is 11.5. The summed E-state index contributed by atoms with van der Waals surface area (Å²) in [5, 5.41) is 8.52. The monoisotopic (exact) mass is 425 g/mol. The minimum Gasteiger partial charge on any atom is -0.454 e. The molecule has 1 aromatic heterocycles. The highest BCUT2D eigenvalue weighted by Crippen LogP contribution is 2.52. The summed E-state index contributed by atoms with van der Waals surface area (Å²) < 4.78 is 6.43. The molecule has 1 N–H and O–H groups in total. The van der Waals surface area contributed by atoms with Crippen molar-refractivity contribution in [3.63, 3.8) is 0 Å². The van der Waals surface area contributed by atoms with Crippen molar-refractivity contribution >= 4 is 44.1 Å². The van der Waals surface area contributed by atoms with Gasteiger partial charge in [-0.25, -0.2) is 0 Å². The molecular formula is C31H23NO. The number of benzene rings is 5. The first-order valence-corrected chi connectivity index (χ1v) is 11.5. The highest BCUT2D eigenvalue weighted by Gasteiger charge is 2.36. The SMILES string of the molecule is CC1(C)c2ccccc2-c2c(Nc3cc4ccccc4c4c3oc3ccccc34)cccc21. The van der Waals surface area contributed by atoms with Crippen LogP contribution in [0.5, 0.6) is 0 Å². The summed E-state index contributed by atoms with van der Waals surface area (Å²) >= 11 is 0. The Bertz CT molecular complexity index is 1720. The van der Waals surface area contributed by atoms with Gasteiger partial charge in [-0.1, -0.05) is 92.7 Å². The van der Waals surface area contributed by atoms with E-state index in [9.17, 15) is 0 Å². The van der Waals surface area contributed by atoms with Crippen LogP contribution in [0.15, 0.2) is 101 Å². The molecule has 1 heterocycles. The molecule has 1 aliphatic carbocycles. The van der Waals surface area contributed by atoms with Crippen molar-refractivity contribution in [2.45, 2.75) is 19.3 Å². The van der Waals surface area contributed by atoms with Crippen LogP contribution in [0, 0.1) is 0 Å². The molecule has 33 heavy (non-hydrogen) atoms. The highest BCUT2D eigenvalue weighted by atomic mass is 16.3. The summed E-state index contributed by atoms with van der Waals surface area (Å²) in [6.07, 6.45) is 0. The number of hydrogen-bond acceptors (Lipinski definition) is 2. The van der Waals surface area contributed by atoms with E-state index in [0.29, 0.717) is 0 Å². The van der Waals surface area contributed by atoms with Crippen LogP contribution in [-0.2, 0) is 5.41 Å². The number of nitrogens with one attached hydrogen (secondary N) is 1. The van der Waals surface area contributed by atoms with Gasteiger partial charge >= 0.3 is 0 Å². The van der Waals surface area contributed by atoms with E-state index < -0.39 is 0 Å². The second kappa shape index (κ2) is 6.49. The third kappa shape index (κ3) is 2.49. The molecule has 158 valence electrons. The van der Waals surface area contributed by atoms with Crippen molar-refractivity contribution in [3.8, 4) is 11.1 Å². The average Bonchev–Trinajstić information content (AvgIpc) is 3.34. The minimum absolute atomic E-state index is 0.0261. The second-order valence-corrected chi connectivity index (χ2v) is 9.47. The third-order valence-electron chi connectivity index (χ3n) is 7.25. The first kappa shape index (κ1) is 18.5. The second-order valence-electron chi connectivity index (χ2n) is 9.47. The predicted molar refractivity (Wildman–Crippen MR) is 139 cm³/mol. The van der Waals surface area contributed by atoms with Gasteiger partial charge in [0, 0.05) is 27.4 Å². The summed E-state index contributed by atoms with van der Waals surface area (Å²) in [5.41, 5.74) is 9.23. The van der Waals surface area contributed by atoms with Crippen LogP contribution < -0.4 is 5.32 Å². The maximum absolute atomic E-state index is 6.43. The molecular weight excluding hydrogens is 402 g/mol. The molecule has 0 amide bonds. The molecule has 2 heteroatoms. The molecule has 1 aliphatic rings. The Morgan fingerprint density at radius 1 is 0.667 bits per heavy atom. The maximum atomic E-state index is 6.43. The van der Waals surface area contributed by atoms with E-state index in [2.05, 4.69) is 104 Å². The van der Waals surface area contributed by atoms with Gasteiger partial charge in [0.15, 0.2) is 5.58 Å². The Hall–Kier alpha value is -4.04. The van der Waals surface area contributed by atoms with E-state index in [4.69, 9.17) is 4.42 Å². The fourth-order valence-electron chi connectivity index (χ4n) is 5.67. The Morgan fingerprint density at radius 3 is 2.30 bits per heavy atom. The van der Waals surface area contributed by atoms with Gasteiger partial charge in [0.25, 0.3) is 0 Å². The first-order chi connectivity index (χ1) is 16.1. The molecule has 0 aliphatic heterocycles. The predicted octanol–water partition coefficient (Wildman–Crippen LogP) is 8.79. The smallest absolute Gasteiger partial charge is 0.159 e. The molecule has 2 nitrogen and oxygen atoms in total. The quantitative estimate of drug-likeness (QED) is 0.300. The lowest BCUT2D eigenvalue weighted by molar-refractivity contribution is 0.660. The van der Waals surface area contributed by atoms with E-state index in [-0.39, 0.29) is 5.41 Å². The standard InChI is InChI=1S/C31H23NO/c1-31(2)23-14-7-5-12-21(23)29-24(31)15-9-16-25(29)32-26-18-19-10-3-4-11-20(19)28-22-13-6-8-17-27(22)33-30(26)28/h3-18,32H,1-2H3. The Balaban J connectivity index is 1.51. The number of hydrogen-bond donors (Lipinski definition) is 1. The molecule has 0 atom stereocenters. The molecule has 0 bridgehead atoms. The lowest BCUT2D eigenvalue weighted by Gasteiger charge is -2.21. The molecule has 7 rings (SSSR count). The van der Waals surface area contributed by atoms with Crippen LogP contribution in [-0.4, -0.2) is 0 Å². The third-order valence-corrected chi connectivity index (χ3v) is 7.25. The lowest BCUT2D eigenvalue weighted by Crippen LogP contribution is -2.14. The summed E-state index contributed by atoms with van der Waals surface area (Å²) in [5.74, 6) is 0. The van der Waals surface area contributed by atoms with Crippen molar-refractivity contribution in [2.24, 2.45) is 0 Å². The number of furan rings is 1. The van der Waals surface area contributed by atoms with Crippen molar-refractivity contribution in [3.05, 3.63) is 108 Å². The number of fused-ring (bicyclic) bond motifs is 8. The van der Waals surface area contributed by atoms with E-state index in [0.717, 1.165) is 27.9 Å². The fraction of sp³-hybridized carbons (Fsp3) is 0.0968. The molecule has 0 fully saturated rings. The minimum atomic E-state index is -0.0261. The van der Waals surface area contributed by atoms with E-state index >= 15 is 0 Å². The summed E-state index contributed by atoms with van der Waals surface area (Å²) in [4.78, 5) is 0. The molecule has 0 unspecified atom stereocenters. The van der Waals surface area contributed by atoms with Crippen molar-refractivity contribution in [1.82, 2.24) is 0 Å². The van der Waals surface area contributed by atoms with E-state index in [1.165, 1.54) is 38.4 Å². The summed E-state index contributed by atoms with van der Waals surface area (Å²) in [7, 11) is 0. The largest absolute Gasteiger partial charge is 0.454 e. The Kier molecular flexibility index (Phi) is 3.64. The number of anilines is 2. The summed E-state index contributed by atoms with van der Waals surface area (Å²) in [6.45, 7) is 4.63. The maximum Gasteiger partial charge on any atom is 0.159 e. The average molecular weight is 426 g/mol. The number of rotatable bonds is 2. The molecule has 0 saturated carbocycles. The van der Waals surface area contributed by atoms with Gasteiger partial charge in [-0.2, -0.15) is 0 Å². The van der Waals surface area contributed by atoms with Crippen molar-refractivity contribution in [2.75, 3.05) is 5.32 Å². The van der Waals surface area contributed by atoms with Crippen LogP contribution >= 0.6 is 0 Å². The zero-order chi connectivity index (χ0) is 22.2. The van der Waals surface area contributed by atoms with Crippen molar-refractivity contribution < 1.29 is 4.42 Å². The molecule has 6 aromatic rings. The van der Waals surface area contributed by atoms with Gasteiger partial charge < -0.3 is 9.73 Å². The molecule has 0 saturated heterocycles. The fourth-order valence-corrected chi connectivity index (χ4v) is 5.67. The Morgan fingerprint density at radius 2 is 1.39 bits per heavy atom.